The molecule has 0 N–H and O–H groups in total. The summed E-state index contributed by atoms with van der Waals surface area (Å²) in [5.41, 5.74) is 2.12. The van der Waals surface area contributed by atoms with E-state index in [1.807, 2.05) is 24.4 Å². The highest BCUT2D eigenvalue weighted by molar-refractivity contribution is 5.70. The Labute approximate surface area is 149 Å². The Bertz CT molecular complexity index is 750. The Hall–Kier alpha value is -2.33. The number of benzene rings is 2. The smallest absolute Gasteiger partial charge is 0.149 e. The molecule has 1 saturated heterocycles. The van der Waals surface area contributed by atoms with E-state index in [-0.39, 0.29) is 5.60 Å². The minimum Gasteiger partial charge on any atom is -0.497 e. The molecule has 1 fully saturated rings. The van der Waals surface area contributed by atoms with Gasteiger partial charge < -0.3 is 9.47 Å². The van der Waals surface area contributed by atoms with Crippen LogP contribution in [0.3, 0.4) is 0 Å². The van der Waals surface area contributed by atoms with Crippen molar-refractivity contribution in [1.82, 2.24) is 4.90 Å². The van der Waals surface area contributed by atoms with Gasteiger partial charge in [0.2, 0.25) is 0 Å². The van der Waals surface area contributed by atoms with Gasteiger partial charge in [-0.3, -0.25) is 9.89 Å². The lowest BCUT2D eigenvalue weighted by Gasteiger charge is -2.41. The van der Waals surface area contributed by atoms with Crippen LogP contribution in [0.25, 0.3) is 0 Å². The van der Waals surface area contributed by atoms with Gasteiger partial charge in [-0.05, 0) is 17.7 Å². The minimum atomic E-state index is -0.145. The molecule has 1 spiro atoms. The number of nitrogens with zero attached hydrogens (tertiary/aromatic N) is 2. The zero-order valence-electron chi connectivity index (χ0n) is 14.6. The highest BCUT2D eigenvalue weighted by Gasteiger charge is 2.37. The molecule has 0 aromatic heterocycles. The van der Waals surface area contributed by atoms with Crippen LogP contribution in [0.15, 0.2) is 53.5 Å². The van der Waals surface area contributed by atoms with E-state index in [2.05, 4.69) is 40.2 Å². The first-order chi connectivity index (χ1) is 12.3. The standard InChI is InChI=1S/C21H24N2O2/c1-24-18-7-8-19-20(15-18)25-21(9-12-22-19)10-13-23(14-11-21)16-17-5-3-2-4-6-17/h2-8,12,15H,9-11,13-14,16H2,1H3. The molecular formula is C21H24N2O2. The number of fused-ring (bicyclic) bond motifs is 1. The van der Waals surface area contributed by atoms with Gasteiger partial charge in [-0.15, -0.1) is 0 Å². The highest BCUT2D eigenvalue weighted by Crippen LogP contribution is 2.40. The molecular weight excluding hydrogens is 312 g/mol. The normalized spacial score (nSPS) is 19.1. The molecule has 130 valence electrons. The lowest BCUT2D eigenvalue weighted by Crippen LogP contribution is -2.47. The number of piperidine rings is 1. The largest absolute Gasteiger partial charge is 0.497 e. The van der Waals surface area contributed by atoms with Crippen LogP contribution in [0.1, 0.15) is 24.8 Å². The van der Waals surface area contributed by atoms with Crippen LogP contribution in [-0.4, -0.2) is 36.9 Å². The fourth-order valence-electron chi connectivity index (χ4n) is 3.66. The zero-order valence-corrected chi connectivity index (χ0v) is 14.6. The average molecular weight is 336 g/mol. The van der Waals surface area contributed by atoms with Gasteiger partial charge >= 0.3 is 0 Å². The van der Waals surface area contributed by atoms with Gasteiger partial charge in [-0.25, -0.2) is 0 Å². The molecule has 4 rings (SSSR count). The molecule has 2 heterocycles. The number of hydrogen-bond donors (Lipinski definition) is 0. The predicted octanol–water partition coefficient (Wildman–Crippen LogP) is 4.21. The number of aliphatic imine (C=N–C) groups is 1. The maximum absolute atomic E-state index is 6.49. The molecule has 2 aliphatic heterocycles. The van der Waals surface area contributed by atoms with Crippen LogP contribution in [-0.2, 0) is 6.54 Å². The van der Waals surface area contributed by atoms with E-state index in [9.17, 15) is 0 Å². The van der Waals surface area contributed by atoms with E-state index >= 15 is 0 Å². The fourth-order valence-corrected chi connectivity index (χ4v) is 3.66. The SMILES string of the molecule is COc1ccc2c(c1)OC1(CC=N2)CCN(Cc2ccccc2)CC1. The lowest BCUT2D eigenvalue weighted by molar-refractivity contribution is 0.00704. The van der Waals surface area contributed by atoms with Crippen molar-refractivity contribution in [3.05, 3.63) is 54.1 Å². The van der Waals surface area contributed by atoms with Gasteiger partial charge in [0.15, 0.2) is 0 Å². The second-order valence-corrected chi connectivity index (χ2v) is 6.90. The molecule has 4 heteroatoms. The average Bonchev–Trinajstić information content (AvgIpc) is 2.83. The summed E-state index contributed by atoms with van der Waals surface area (Å²) in [6.45, 7) is 3.10. The van der Waals surface area contributed by atoms with Crippen molar-refractivity contribution in [1.29, 1.82) is 0 Å². The van der Waals surface area contributed by atoms with Crippen LogP contribution in [0.4, 0.5) is 5.69 Å². The molecule has 0 aliphatic carbocycles. The molecule has 0 saturated carbocycles. The van der Waals surface area contributed by atoms with E-state index in [0.29, 0.717) is 0 Å². The van der Waals surface area contributed by atoms with Crippen molar-refractivity contribution in [2.75, 3.05) is 20.2 Å². The van der Waals surface area contributed by atoms with Crippen molar-refractivity contribution in [2.45, 2.75) is 31.4 Å². The molecule has 2 aliphatic rings. The first-order valence-electron chi connectivity index (χ1n) is 8.92. The number of likely N-dealkylation sites (tertiary alicyclic amines) is 1. The van der Waals surface area contributed by atoms with Crippen molar-refractivity contribution in [2.24, 2.45) is 4.99 Å². The summed E-state index contributed by atoms with van der Waals surface area (Å²) in [5.74, 6) is 1.65. The molecule has 0 bridgehead atoms. The molecule has 4 nitrogen and oxygen atoms in total. The number of rotatable bonds is 3. The van der Waals surface area contributed by atoms with Crippen LogP contribution in [0.2, 0.25) is 0 Å². The molecule has 2 aromatic rings. The first-order valence-corrected chi connectivity index (χ1v) is 8.92. The predicted molar refractivity (Wildman–Crippen MR) is 100 cm³/mol. The van der Waals surface area contributed by atoms with Gasteiger partial charge in [0.25, 0.3) is 0 Å². The lowest BCUT2D eigenvalue weighted by atomic mass is 9.88. The van der Waals surface area contributed by atoms with Crippen molar-refractivity contribution in [3.63, 3.8) is 0 Å². The molecule has 0 unspecified atom stereocenters. The maximum Gasteiger partial charge on any atom is 0.149 e. The third-order valence-corrected chi connectivity index (χ3v) is 5.20. The Balaban J connectivity index is 1.46. The Kier molecular flexibility index (Phi) is 4.45. The summed E-state index contributed by atoms with van der Waals surface area (Å²) in [6.07, 6.45) is 4.92. The van der Waals surface area contributed by atoms with Gasteiger partial charge in [0, 0.05) is 51.2 Å². The Morgan fingerprint density at radius 2 is 1.92 bits per heavy atom. The molecule has 2 aromatic carbocycles. The number of ether oxygens (including phenoxy) is 2. The van der Waals surface area contributed by atoms with E-state index < -0.39 is 0 Å². The van der Waals surface area contributed by atoms with Crippen LogP contribution >= 0.6 is 0 Å². The third kappa shape index (κ3) is 3.54. The van der Waals surface area contributed by atoms with E-state index in [0.717, 1.165) is 56.1 Å². The van der Waals surface area contributed by atoms with Gasteiger partial charge in [0.05, 0.1) is 7.11 Å². The van der Waals surface area contributed by atoms with Gasteiger partial charge in [-0.1, -0.05) is 30.3 Å². The summed E-state index contributed by atoms with van der Waals surface area (Å²) in [7, 11) is 1.68. The van der Waals surface area contributed by atoms with Crippen molar-refractivity contribution in [3.8, 4) is 11.5 Å². The topological polar surface area (TPSA) is 34.1 Å². The molecule has 0 atom stereocenters. The first kappa shape index (κ1) is 16.2. The summed E-state index contributed by atoms with van der Waals surface area (Å²) < 4.78 is 11.8. The quantitative estimate of drug-likeness (QED) is 0.842. The van der Waals surface area contributed by atoms with Crippen LogP contribution < -0.4 is 9.47 Å². The zero-order chi connectivity index (χ0) is 17.1. The van der Waals surface area contributed by atoms with E-state index in [1.54, 1.807) is 7.11 Å². The van der Waals surface area contributed by atoms with Crippen LogP contribution in [0.5, 0.6) is 11.5 Å². The van der Waals surface area contributed by atoms with Gasteiger partial charge in [0.1, 0.15) is 22.8 Å². The van der Waals surface area contributed by atoms with Crippen LogP contribution in [0, 0.1) is 0 Å². The number of methoxy groups -OCH3 is 1. The second kappa shape index (κ2) is 6.89. The second-order valence-electron chi connectivity index (χ2n) is 6.90. The van der Waals surface area contributed by atoms with E-state index in [4.69, 9.17) is 9.47 Å². The summed E-state index contributed by atoms with van der Waals surface area (Å²) in [5, 5.41) is 0. The molecule has 0 radical (unpaired) electrons. The highest BCUT2D eigenvalue weighted by atomic mass is 16.5. The van der Waals surface area contributed by atoms with Crippen molar-refractivity contribution >= 4 is 11.9 Å². The molecule has 0 amide bonds. The fraction of sp³-hybridized carbons (Fsp3) is 0.381. The summed E-state index contributed by atoms with van der Waals surface area (Å²) >= 11 is 0. The maximum atomic E-state index is 6.49. The monoisotopic (exact) mass is 336 g/mol. The Morgan fingerprint density at radius 1 is 1.12 bits per heavy atom. The Morgan fingerprint density at radius 3 is 2.68 bits per heavy atom. The molecule has 25 heavy (non-hydrogen) atoms. The summed E-state index contributed by atoms with van der Waals surface area (Å²) in [4.78, 5) is 7.09. The minimum absolute atomic E-state index is 0.145. The summed E-state index contributed by atoms with van der Waals surface area (Å²) in [6, 6.07) is 16.5. The van der Waals surface area contributed by atoms with E-state index in [1.165, 1.54) is 5.56 Å². The third-order valence-electron chi connectivity index (χ3n) is 5.20. The van der Waals surface area contributed by atoms with Gasteiger partial charge in [-0.2, -0.15) is 0 Å². The van der Waals surface area contributed by atoms with Crippen molar-refractivity contribution < 1.29 is 9.47 Å². The number of hydrogen-bond acceptors (Lipinski definition) is 4.